The van der Waals surface area contributed by atoms with Crippen LogP contribution in [0.2, 0.25) is 0 Å². The number of anilines is 1. The Bertz CT molecular complexity index is 653. The van der Waals surface area contributed by atoms with Gasteiger partial charge in [0.15, 0.2) is 0 Å². The van der Waals surface area contributed by atoms with E-state index < -0.39 is 0 Å². The highest BCUT2D eigenvalue weighted by Gasteiger charge is 2.16. The van der Waals surface area contributed by atoms with Crippen molar-refractivity contribution in [3.63, 3.8) is 0 Å². The van der Waals surface area contributed by atoms with E-state index in [0.29, 0.717) is 12.1 Å². The standard InChI is InChI=1S/C18H23N5O/c1-22(12-7-15-5-8-19-9-6-15)17(24)16-13-20-18(21-14-16)23-10-3-2-4-11-23/h5-6,8-9,13-14H,2-4,7,10-12H2,1H3. The van der Waals surface area contributed by atoms with Crippen molar-refractivity contribution in [1.29, 1.82) is 0 Å². The third-order valence-corrected chi connectivity index (χ3v) is 4.36. The molecular formula is C18H23N5O. The number of rotatable bonds is 5. The zero-order valence-corrected chi connectivity index (χ0v) is 14.1. The third kappa shape index (κ3) is 4.07. The molecule has 1 aliphatic rings. The second-order valence-corrected chi connectivity index (χ2v) is 6.15. The summed E-state index contributed by atoms with van der Waals surface area (Å²) in [4.78, 5) is 29.1. The van der Waals surface area contributed by atoms with Gasteiger partial charge >= 0.3 is 0 Å². The molecule has 126 valence electrons. The number of pyridine rings is 1. The Morgan fingerprint density at radius 2 is 1.79 bits per heavy atom. The van der Waals surface area contributed by atoms with Gasteiger partial charge in [-0.1, -0.05) is 0 Å². The highest BCUT2D eigenvalue weighted by molar-refractivity contribution is 5.93. The average molecular weight is 325 g/mol. The maximum absolute atomic E-state index is 12.5. The van der Waals surface area contributed by atoms with Crippen molar-refractivity contribution in [2.24, 2.45) is 0 Å². The summed E-state index contributed by atoms with van der Waals surface area (Å²) in [5, 5.41) is 0. The molecule has 1 amide bonds. The monoisotopic (exact) mass is 325 g/mol. The second kappa shape index (κ2) is 7.86. The first-order chi connectivity index (χ1) is 11.7. The molecule has 0 aromatic carbocycles. The van der Waals surface area contributed by atoms with Crippen molar-refractivity contribution in [3.05, 3.63) is 48.0 Å². The quantitative estimate of drug-likeness (QED) is 0.843. The van der Waals surface area contributed by atoms with Crippen LogP contribution in [0.5, 0.6) is 0 Å². The average Bonchev–Trinajstić information content (AvgIpc) is 2.67. The van der Waals surface area contributed by atoms with Crippen LogP contribution in [0, 0.1) is 0 Å². The number of likely N-dealkylation sites (N-methyl/N-ethyl adjacent to an activating group) is 1. The number of nitrogens with zero attached hydrogens (tertiary/aromatic N) is 5. The SMILES string of the molecule is CN(CCc1ccncc1)C(=O)c1cnc(N2CCCCC2)nc1. The molecule has 1 saturated heterocycles. The minimum Gasteiger partial charge on any atom is -0.341 e. The van der Waals surface area contributed by atoms with Gasteiger partial charge in [0, 0.05) is 51.5 Å². The van der Waals surface area contributed by atoms with Crippen LogP contribution in [0.25, 0.3) is 0 Å². The fourth-order valence-electron chi connectivity index (χ4n) is 2.86. The molecule has 1 aliphatic heterocycles. The largest absolute Gasteiger partial charge is 0.341 e. The van der Waals surface area contributed by atoms with Gasteiger partial charge in [-0.2, -0.15) is 0 Å². The van der Waals surface area contributed by atoms with Gasteiger partial charge in [-0.25, -0.2) is 9.97 Å². The molecule has 2 aromatic rings. The van der Waals surface area contributed by atoms with Crippen molar-refractivity contribution >= 4 is 11.9 Å². The molecule has 24 heavy (non-hydrogen) atoms. The minimum absolute atomic E-state index is 0.0470. The molecular weight excluding hydrogens is 302 g/mol. The highest BCUT2D eigenvalue weighted by atomic mass is 16.2. The molecule has 0 spiro atoms. The van der Waals surface area contributed by atoms with Crippen LogP contribution in [0.15, 0.2) is 36.9 Å². The van der Waals surface area contributed by atoms with Crippen LogP contribution in [-0.4, -0.2) is 52.4 Å². The summed E-state index contributed by atoms with van der Waals surface area (Å²) in [6.07, 6.45) is 11.3. The molecule has 6 nitrogen and oxygen atoms in total. The minimum atomic E-state index is -0.0470. The Morgan fingerprint density at radius 1 is 1.12 bits per heavy atom. The van der Waals surface area contributed by atoms with Crippen molar-refractivity contribution in [2.75, 3.05) is 31.6 Å². The van der Waals surface area contributed by atoms with E-state index in [1.165, 1.54) is 24.8 Å². The van der Waals surface area contributed by atoms with Crippen LogP contribution in [-0.2, 0) is 6.42 Å². The molecule has 0 N–H and O–H groups in total. The summed E-state index contributed by atoms with van der Waals surface area (Å²) in [6, 6.07) is 3.93. The first-order valence-electron chi connectivity index (χ1n) is 8.45. The van der Waals surface area contributed by atoms with Gasteiger partial charge in [-0.3, -0.25) is 9.78 Å². The first-order valence-corrected chi connectivity index (χ1v) is 8.45. The lowest BCUT2D eigenvalue weighted by molar-refractivity contribution is 0.0796. The lowest BCUT2D eigenvalue weighted by Gasteiger charge is -2.26. The predicted octanol–water partition coefficient (Wildman–Crippen LogP) is 2.18. The number of amides is 1. The number of hydrogen-bond acceptors (Lipinski definition) is 5. The van der Waals surface area contributed by atoms with E-state index in [9.17, 15) is 4.79 Å². The molecule has 3 heterocycles. The highest BCUT2D eigenvalue weighted by Crippen LogP contribution is 2.15. The zero-order chi connectivity index (χ0) is 16.8. The van der Waals surface area contributed by atoms with Gasteiger partial charge in [-0.05, 0) is 43.4 Å². The first kappa shape index (κ1) is 16.4. The van der Waals surface area contributed by atoms with E-state index in [0.717, 1.165) is 25.5 Å². The summed E-state index contributed by atoms with van der Waals surface area (Å²) in [5.41, 5.74) is 1.70. The van der Waals surface area contributed by atoms with Crippen LogP contribution in [0.1, 0.15) is 35.2 Å². The van der Waals surface area contributed by atoms with Crippen LogP contribution >= 0.6 is 0 Å². The van der Waals surface area contributed by atoms with E-state index in [1.807, 2.05) is 19.2 Å². The molecule has 6 heteroatoms. The summed E-state index contributed by atoms with van der Waals surface area (Å²) >= 11 is 0. The summed E-state index contributed by atoms with van der Waals surface area (Å²) in [5.74, 6) is 0.680. The van der Waals surface area contributed by atoms with Crippen molar-refractivity contribution in [1.82, 2.24) is 19.9 Å². The molecule has 0 saturated carbocycles. The number of piperidine rings is 1. The summed E-state index contributed by atoms with van der Waals surface area (Å²) in [7, 11) is 1.81. The molecule has 1 fully saturated rings. The van der Waals surface area contributed by atoms with E-state index >= 15 is 0 Å². The zero-order valence-electron chi connectivity index (χ0n) is 14.1. The molecule has 0 aliphatic carbocycles. The van der Waals surface area contributed by atoms with Gasteiger partial charge in [0.1, 0.15) is 0 Å². The molecule has 3 rings (SSSR count). The van der Waals surface area contributed by atoms with E-state index in [1.54, 1.807) is 29.7 Å². The molecule has 2 aromatic heterocycles. The van der Waals surface area contributed by atoms with Gasteiger partial charge in [0.05, 0.1) is 5.56 Å². The lowest BCUT2D eigenvalue weighted by Crippen LogP contribution is -2.32. The van der Waals surface area contributed by atoms with Gasteiger partial charge < -0.3 is 9.80 Å². The van der Waals surface area contributed by atoms with Crippen molar-refractivity contribution in [2.45, 2.75) is 25.7 Å². The number of carbonyl (C=O) groups is 1. The maximum Gasteiger partial charge on any atom is 0.256 e. The Morgan fingerprint density at radius 3 is 2.46 bits per heavy atom. The second-order valence-electron chi connectivity index (χ2n) is 6.15. The Hall–Kier alpha value is -2.50. The molecule has 0 unspecified atom stereocenters. The Balaban J connectivity index is 1.57. The molecule has 0 atom stereocenters. The van der Waals surface area contributed by atoms with Crippen LogP contribution in [0.3, 0.4) is 0 Å². The maximum atomic E-state index is 12.5. The van der Waals surface area contributed by atoms with Gasteiger partial charge in [0.2, 0.25) is 5.95 Å². The van der Waals surface area contributed by atoms with Crippen molar-refractivity contribution in [3.8, 4) is 0 Å². The van der Waals surface area contributed by atoms with Crippen LogP contribution < -0.4 is 4.90 Å². The molecule has 0 bridgehead atoms. The number of carbonyl (C=O) groups excluding carboxylic acids is 1. The third-order valence-electron chi connectivity index (χ3n) is 4.36. The van der Waals surface area contributed by atoms with Crippen molar-refractivity contribution < 1.29 is 4.79 Å². The van der Waals surface area contributed by atoms with Crippen LogP contribution in [0.4, 0.5) is 5.95 Å². The Kier molecular flexibility index (Phi) is 5.36. The Labute approximate surface area is 142 Å². The van der Waals surface area contributed by atoms with Gasteiger partial charge in [0.25, 0.3) is 5.91 Å². The predicted molar refractivity (Wildman–Crippen MR) is 93.0 cm³/mol. The fourth-order valence-corrected chi connectivity index (χ4v) is 2.86. The van der Waals surface area contributed by atoms with E-state index in [4.69, 9.17) is 0 Å². The number of aromatic nitrogens is 3. The lowest BCUT2D eigenvalue weighted by atomic mass is 10.1. The fraction of sp³-hybridized carbons (Fsp3) is 0.444. The summed E-state index contributed by atoms with van der Waals surface area (Å²) in [6.45, 7) is 2.65. The normalized spacial score (nSPS) is 14.5. The smallest absolute Gasteiger partial charge is 0.256 e. The van der Waals surface area contributed by atoms with E-state index in [2.05, 4.69) is 19.9 Å². The van der Waals surface area contributed by atoms with Gasteiger partial charge in [-0.15, -0.1) is 0 Å². The van der Waals surface area contributed by atoms with E-state index in [-0.39, 0.29) is 5.91 Å². The number of hydrogen-bond donors (Lipinski definition) is 0. The molecule has 0 radical (unpaired) electrons. The topological polar surface area (TPSA) is 62.2 Å². The summed E-state index contributed by atoms with van der Waals surface area (Å²) < 4.78 is 0.